The SMILES string of the molecule is O=C(O)C1CC1C1CCC(F)(F)CC1. The van der Waals surface area contributed by atoms with Crippen LogP contribution in [-0.2, 0) is 4.79 Å². The predicted octanol–water partition coefficient (Wildman–Crippen LogP) is 2.53. The monoisotopic (exact) mass is 204 g/mol. The van der Waals surface area contributed by atoms with Gasteiger partial charge in [0.25, 0.3) is 0 Å². The Kier molecular flexibility index (Phi) is 2.24. The molecule has 2 atom stereocenters. The zero-order valence-corrected chi connectivity index (χ0v) is 7.88. The highest BCUT2D eigenvalue weighted by atomic mass is 19.3. The summed E-state index contributed by atoms with van der Waals surface area (Å²) in [5, 5.41) is 8.71. The quantitative estimate of drug-likeness (QED) is 0.750. The molecule has 2 rings (SSSR count). The fourth-order valence-corrected chi connectivity index (χ4v) is 2.51. The molecule has 2 aliphatic carbocycles. The van der Waals surface area contributed by atoms with Crippen molar-refractivity contribution in [3.63, 3.8) is 0 Å². The average Bonchev–Trinajstić information content (AvgIpc) is 2.83. The Morgan fingerprint density at radius 2 is 1.86 bits per heavy atom. The second-order valence-electron chi connectivity index (χ2n) is 4.54. The summed E-state index contributed by atoms with van der Waals surface area (Å²) in [5.74, 6) is -3.08. The van der Waals surface area contributed by atoms with Gasteiger partial charge in [-0.15, -0.1) is 0 Å². The van der Waals surface area contributed by atoms with Gasteiger partial charge in [0.2, 0.25) is 5.92 Å². The summed E-state index contributed by atoms with van der Waals surface area (Å²) in [6, 6.07) is 0. The van der Waals surface area contributed by atoms with E-state index in [1.165, 1.54) is 0 Å². The van der Waals surface area contributed by atoms with Crippen molar-refractivity contribution in [2.45, 2.75) is 38.0 Å². The summed E-state index contributed by atoms with van der Waals surface area (Å²) in [4.78, 5) is 10.6. The van der Waals surface area contributed by atoms with Crippen molar-refractivity contribution in [3.05, 3.63) is 0 Å². The smallest absolute Gasteiger partial charge is 0.306 e. The molecule has 0 aromatic heterocycles. The van der Waals surface area contributed by atoms with Crippen LogP contribution < -0.4 is 0 Å². The van der Waals surface area contributed by atoms with E-state index in [4.69, 9.17) is 5.11 Å². The van der Waals surface area contributed by atoms with Crippen LogP contribution in [0.2, 0.25) is 0 Å². The van der Waals surface area contributed by atoms with Gasteiger partial charge in [0, 0.05) is 12.8 Å². The number of aliphatic carboxylic acids is 1. The van der Waals surface area contributed by atoms with Gasteiger partial charge < -0.3 is 5.11 Å². The minimum atomic E-state index is -2.50. The number of alkyl halides is 2. The number of hydrogen-bond acceptors (Lipinski definition) is 1. The van der Waals surface area contributed by atoms with E-state index in [-0.39, 0.29) is 30.6 Å². The summed E-state index contributed by atoms with van der Waals surface area (Å²) >= 11 is 0. The summed E-state index contributed by atoms with van der Waals surface area (Å²) < 4.78 is 25.6. The van der Waals surface area contributed by atoms with Gasteiger partial charge in [-0.05, 0) is 31.1 Å². The molecule has 2 fully saturated rings. The third-order valence-electron chi connectivity index (χ3n) is 3.52. The Balaban J connectivity index is 1.83. The molecule has 2 saturated carbocycles. The number of halogens is 2. The molecule has 0 radical (unpaired) electrons. The molecular formula is C10H14F2O2. The van der Waals surface area contributed by atoms with Gasteiger partial charge in [-0.25, -0.2) is 8.78 Å². The Hall–Kier alpha value is -0.670. The van der Waals surface area contributed by atoms with Crippen LogP contribution in [0.3, 0.4) is 0 Å². The third-order valence-corrected chi connectivity index (χ3v) is 3.52. The molecule has 4 heteroatoms. The van der Waals surface area contributed by atoms with Crippen molar-refractivity contribution in [1.82, 2.24) is 0 Å². The lowest BCUT2D eigenvalue weighted by Crippen LogP contribution is -2.26. The fourth-order valence-electron chi connectivity index (χ4n) is 2.51. The van der Waals surface area contributed by atoms with Gasteiger partial charge in [0.1, 0.15) is 0 Å². The molecule has 2 nitrogen and oxygen atoms in total. The van der Waals surface area contributed by atoms with Crippen molar-refractivity contribution in [2.75, 3.05) is 0 Å². The fraction of sp³-hybridized carbons (Fsp3) is 0.900. The van der Waals surface area contributed by atoms with Crippen molar-refractivity contribution >= 4 is 5.97 Å². The molecule has 0 saturated heterocycles. The molecule has 2 unspecified atom stereocenters. The van der Waals surface area contributed by atoms with E-state index in [2.05, 4.69) is 0 Å². The number of carboxylic acid groups (broad SMARTS) is 1. The van der Waals surface area contributed by atoms with Gasteiger partial charge in [-0.3, -0.25) is 4.79 Å². The van der Waals surface area contributed by atoms with Gasteiger partial charge >= 0.3 is 5.97 Å². The molecule has 0 aliphatic heterocycles. The first-order valence-electron chi connectivity index (χ1n) is 5.10. The van der Waals surface area contributed by atoms with Crippen molar-refractivity contribution in [1.29, 1.82) is 0 Å². The predicted molar refractivity (Wildman–Crippen MR) is 46.1 cm³/mol. The highest BCUT2D eigenvalue weighted by Crippen LogP contribution is 2.51. The molecule has 2 aliphatic rings. The second-order valence-corrected chi connectivity index (χ2v) is 4.54. The maximum Gasteiger partial charge on any atom is 0.306 e. The van der Waals surface area contributed by atoms with Crippen LogP contribution in [0.4, 0.5) is 8.78 Å². The number of carbonyl (C=O) groups is 1. The van der Waals surface area contributed by atoms with E-state index in [1.807, 2.05) is 0 Å². The van der Waals surface area contributed by atoms with Crippen LogP contribution in [0.15, 0.2) is 0 Å². The molecule has 0 heterocycles. The van der Waals surface area contributed by atoms with E-state index in [0.29, 0.717) is 19.3 Å². The summed E-state index contributed by atoms with van der Waals surface area (Å²) in [7, 11) is 0. The standard InChI is InChI=1S/C10H14F2O2/c11-10(12)3-1-6(2-4-10)7-5-8(7)9(13)14/h6-8H,1-5H2,(H,13,14). The number of rotatable bonds is 2. The molecule has 0 amide bonds. The average molecular weight is 204 g/mol. The Labute approximate surface area is 81.3 Å². The van der Waals surface area contributed by atoms with Crippen LogP contribution >= 0.6 is 0 Å². The topological polar surface area (TPSA) is 37.3 Å². The van der Waals surface area contributed by atoms with Crippen LogP contribution in [-0.4, -0.2) is 17.0 Å². The minimum absolute atomic E-state index is 0.0551. The van der Waals surface area contributed by atoms with E-state index in [1.54, 1.807) is 0 Å². The molecule has 0 aromatic rings. The van der Waals surface area contributed by atoms with Crippen LogP contribution in [0, 0.1) is 17.8 Å². The molecular weight excluding hydrogens is 190 g/mol. The summed E-state index contributed by atoms with van der Waals surface area (Å²) in [6.45, 7) is 0. The van der Waals surface area contributed by atoms with Gasteiger partial charge in [0.05, 0.1) is 5.92 Å². The van der Waals surface area contributed by atoms with E-state index >= 15 is 0 Å². The first-order valence-corrected chi connectivity index (χ1v) is 5.10. The van der Waals surface area contributed by atoms with Crippen LogP contribution in [0.25, 0.3) is 0 Å². The van der Waals surface area contributed by atoms with E-state index in [0.717, 1.165) is 0 Å². The zero-order valence-electron chi connectivity index (χ0n) is 7.88. The molecule has 0 spiro atoms. The molecule has 80 valence electrons. The maximum absolute atomic E-state index is 12.8. The lowest BCUT2D eigenvalue weighted by Gasteiger charge is -2.28. The summed E-state index contributed by atoms with van der Waals surface area (Å²) in [6.07, 6.45) is 1.59. The molecule has 14 heavy (non-hydrogen) atoms. The maximum atomic E-state index is 12.8. The van der Waals surface area contributed by atoms with E-state index in [9.17, 15) is 13.6 Å². The van der Waals surface area contributed by atoms with Crippen molar-refractivity contribution < 1.29 is 18.7 Å². The van der Waals surface area contributed by atoms with Gasteiger partial charge in [0.15, 0.2) is 0 Å². The Bertz CT molecular complexity index is 243. The lowest BCUT2D eigenvalue weighted by molar-refractivity contribution is -0.139. The normalized spacial score (nSPS) is 36.7. The number of carboxylic acids is 1. The number of hydrogen-bond donors (Lipinski definition) is 1. The lowest BCUT2D eigenvalue weighted by atomic mass is 9.83. The molecule has 0 bridgehead atoms. The molecule has 1 N–H and O–H groups in total. The van der Waals surface area contributed by atoms with Gasteiger partial charge in [-0.2, -0.15) is 0 Å². The molecule has 0 aromatic carbocycles. The second kappa shape index (κ2) is 3.17. The first-order chi connectivity index (χ1) is 6.49. The first kappa shape index (κ1) is 9.87. The highest BCUT2D eigenvalue weighted by molar-refractivity contribution is 5.73. The van der Waals surface area contributed by atoms with Crippen molar-refractivity contribution in [3.8, 4) is 0 Å². The van der Waals surface area contributed by atoms with Crippen LogP contribution in [0.5, 0.6) is 0 Å². The highest BCUT2D eigenvalue weighted by Gasteiger charge is 2.50. The van der Waals surface area contributed by atoms with E-state index < -0.39 is 11.9 Å². The zero-order chi connectivity index (χ0) is 10.3. The Morgan fingerprint density at radius 3 is 2.29 bits per heavy atom. The van der Waals surface area contributed by atoms with Crippen molar-refractivity contribution in [2.24, 2.45) is 17.8 Å². The largest absolute Gasteiger partial charge is 0.481 e. The summed E-state index contributed by atoms with van der Waals surface area (Å²) in [5.41, 5.74) is 0. The minimum Gasteiger partial charge on any atom is -0.481 e. The van der Waals surface area contributed by atoms with Gasteiger partial charge in [-0.1, -0.05) is 0 Å². The third kappa shape index (κ3) is 1.88. The van der Waals surface area contributed by atoms with Crippen LogP contribution in [0.1, 0.15) is 32.1 Å². The Morgan fingerprint density at radius 1 is 1.29 bits per heavy atom.